The summed E-state index contributed by atoms with van der Waals surface area (Å²) >= 11 is 1.86. The number of aromatic nitrogens is 1. The van der Waals surface area contributed by atoms with Gasteiger partial charge in [0.1, 0.15) is 29.9 Å². The minimum absolute atomic E-state index is 0.182. The van der Waals surface area contributed by atoms with Crippen molar-refractivity contribution >= 4 is 44.2 Å². The largest absolute Gasteiger partial charge is 0.497 e. The molecular formula is C30H35N3O6S. The van der Waals surface area contributed by atoms with E-state index >= 15 is 0 Å². The number of primary amides is 1. The number of methoxy groups -OCH3 is 1. The fourth-order valence-electron chi connectivity index (χ4n) is 5.01. The second kappa shape index (κ2) is 13.0. The number of carboxylic acids is 1. The third kappa shape index (κ3) is 7.01. The van der Waals surface area contributed by atoms with Gasteiger partial charge in [-0.25, -0.2) is 4.79 Å². The van der Waals surface area contributed by atoms with Crippen LogP contribution in [-0.4, -0.2) is 70.9 Å². The van der Waals surface area contributed by atoms with Crippen LogP contribution in [0.25, 0.3) is 21.0 Å². The molecule has 1 aliphatic rings. The van der Waals surface area contributed by atoms with E-state index in [1.165, 1.54) is 15.0 Å². The highest BCUT2D eigenvalue weighted by Crippen LogP contribution is 2.39. The summed E-state index contributed by atoms with van der Waals surface area (Å²) in [6.07, 6.45) is 2.35. The number of rotatable bonds is 9. The summed E-state index contributed by atoms with van der Waals surface area (Å²) in [5.41, 5.74) is 6.50. The number of hydrogen-bond donors (Lipinski definition) is 4. The minimum atomic E-state index is -0.981. The third-order valence-electron chi connectivity index (χ3n) is 7.10. The Hall–Kier alpha value is -3.86. The van der Waals surface area contributed by atoms with Gasteiger partial charge in [0.15, 0.2) is 0 Å². The lowest BCUT2D eigenvalue weighted by Crippen LogP contribution is -2.45. The number of aromatic amines is 1. The number of piperidine rings is 1. The number of nitrogens with zero attached hydrogens (tertiary/aromatic N) is 1. The molecule has 0 spiro atoms. The van der Waals surface area contributed by atoms with Crippen LogP contribution in [-0.2, 0) is 4.79 Å². The van der Waals surface area contributed by atoms with E-state index in [2.05, 4.69) is 41.6 Å². The normalized spacial score (nSPS) is 18.1. The number of thiophene rings is 1. The van der Waals surface area contributed by atoms with E-state index in [-0.39, 0.29) is 6.61 Å². The predicted molar refractivity (Wildman–Crippen MR) is 158 cm³/mol. The van der Waals surface area contributed by atoms with E-state index in [0.717, 1.165) is 42.1 Å². The number of carbonyl (C=O) groups excluding carboxylic acids is 1. The first-order chi connectivity index (χ1) is 19.2. The van der Waals surface area contributed by atoms with Gasteiger partial charge in [-0.3, -0.25) is 9.69 Å². The SMILES string of the molecule is C=CC(=O)O.COc1ccc2cc([C@H]3CCN(CC(O)COc4cccc5[nH]c(C(N)=O)cc45)[C@@H](C)C3)sc2c1. The van der Waals surface area contributed by atoms with Crippen molar-refractivity contribution < 1.29 is 29.3 Å². The van der Waals surface area contributed by atoms with Gasteiger partial charge in [-0.1, -0.05) is 12.6 Å². The molecule has 2 aromatic heterocycles. The Labute approximate surface area is 236 Å². The van der Waals surface area contributed by atoms with Gasteiger partial charge >= 0.3 is 5.97 Å². The molecule has 1 amide bonds. The standard InChI is InChI=1S/C27H31N3O4S.C3H4O2/c1-16-10-18(25-11-17-6-7-20(33-2)12-26(17)35-25)8-9-30(16)14-19(31)15-34-24-5-3-4-22-21(24)13-23(29-22)27(28)32;1-2-3(4)5/h3-7,11-13,16,18-19,29,31H,8-10,14-15H2,1-2H3,(H2,28,32);2H,1H2,(H,4,5)/t16-,18-,19?;/m0./s1. The molecule has 9 nitrogen and oxygen atoms in total. The van der Waals surface area contributed by atoms with Crippen molar-refractivity contribution in [2.75, 3.05) is 26.8 Å². The van der Waals surface area contributed by atoms with Gasteiger partial charge in [0.05, 0.1) is 7.11 Å². The number of fused-ring (bicyclic) bond motifs is 2. The van der Waals surface area contributed by atoms with Crippen molar-refractivity contribution in [1.29, 1.82) is 0 Å². The number of nitrogens with two attached hydrogens (primary N) is 1. The third-order valence-corrected chi connectivity index (χ3v) is 8.36. The first kappa shape index (κ1) is 29.1. The molecule has 10 heteroatoms. The molecule has 1 fully saturated rings. The number of aliphatic hydroxyl groups is 1. The maximum atomic E-state index is 11.5. The highest BCUT2D eigenvalue weighted by atomic mass is 32.1. The van der Waals surface area contributed by atoms with Crippen LogP contribution in [0.3, 0.4) is 0 Å². The average molecular weight is 566 g/mol. The zero-order chi connectivity index (χ0) is 28.8. The number of nitrogens with one attached hydrogen (secondary N) is 1. The number of ether oxygens (including phenoxy) is 2. The molecule has 0 bridgehead atoms. The van der Waals surface area contributed by atoms with Gasteiger partial charge in [-0.2, -0.15) is 0 Å². The molecule has 0 saturated carbocycles. The quantitative estimate of drug-likeness (QED) is 0.215. The van der Waals surface area contributed by atoms with Crippen molar-refractivity contribution in [1.82, 2.24) is 9.88 Å². The summed E-state index contributed by atoms with van der Waals surface area (Å²) in [5.74, 6) is 0.554. The highest BCUT2D eigenvalue weighted by Gasteiger charge is 2.29. The number of H-pyrrole nitrogens is 1. The number of carboxylic acid groups (broad SMARTS) is 1. The Balaban J connectivity index is 0.000000681. The Bertz CT molecular complexity index is 1500. The lowest BCUT2D eigenvalue weighted by Gasteiger charge is -2.38. The molecule has 212 valence electrons. The summed E-state index contributed by atoms with van der Waals surface area (Å²) in [6.45, 7) is 6.88. The Morgan fingerprint density at radius 3 is 2.73 bits per heavy atom. The van der Waals surface area contributed by atoms with Crippen LogP contribution >= 0.6 is 11.3 Å². The number of β-amino-alcohol motifs (C(OH)–C–C–N with tert-alkyl or cyclic N) is 1. The van der Waals surface area contributed by atoms with Crippen molar-refractivity contribution in [3.63, 3.8) is 0 Å². The first-order valence-corrected chi connectivity index (χ1v) is 13.9. The second-order valence-electron chi connectivity index (χ2n) is 9.89. The number of carbonyl (C=O) groups is 2. The molecule has 1 aliphatic heterocycles. The molecule has 5 N–H and O–H groups in total. The number of likely N-dealkylation sites (tertiary alicyclic amines) is 1. The maximum Gasteiger partial charge on any atom is 0.327 e. The van der Waals surface area contributed by atoms with Gasteiger partial charge in [0.25, 0.3) is 5.91 Å². The van der Waals surface area contributed by atoms with Crippen molar-refractivity contribution in [2.45, 2.75) is 37.8 Å². The number of benzene rings is 2. The number of aliphatic carboxylic acids is 1. The summed E-state index contributed by atoms with van der Waals surface area (Å²) in [4.78, 5) is 27.5. The predicted octanol–water partition coefficient (Wildman–Crippen LogP) is 4.75. The summed E-state index contributed by atoms with van der Waals surface area (Å²) in [6, 6.07) is 16.2. The number of amides is 1. The molecule has 3 heterocycles. The summed E-state index contributed by atoms with van der Waals surface area (Å²) < 4.78 is 12.6. The Morgan fingerprint density at radius 1 is 1.27 bits per heavy atom. The minimum Gasteiger partial charge on any atom is -0.497 e. The maximum absolute atomic E-state index is 11.5. The van der Waals surface area contributed by atoms with Crippen LogP contribution in [0.5, 0.6) is 11.5 Å². The van der Waals surface area contributed by atoms with E-state index in [1.807, 2.05) is 35.6 Å². The van der Waals surface area contributed by atoms with E-state index < -0.39 is 18.0 Å². The molecule has 2 aromatic carbocycles. The smallest absolute Gasteiger partial charge is 0.327 e. The fourth-order valence-corrected chi connectivity index (χ4v) is 6.25. The molecule has 40 heavy (non-hydrogen) atoms. The van der Waals surface area contributed by atoms with Gasteiger partial charge in [0, 0.05) is 39.1 Å². The van der Waals surface area contributed by atoms with E-state index in [4.69, 9.17) is 20.3 Å². The fraction of sp³-hybridized carbons (Fsp3) is 0.333. The monoisotopic (exact) mass is 565 g/mol. The lowest BCUT2D eigenvalue weighted by molar-refractivity contribution is -0.131. The van der Waals surface area contributed by atoms with Gasteiger partial charge < -0.3 is 30.4 Å². The van der Waals surface area contributed by atoms with Crippen LogP contribution < -0.4 is 15.2 Å². The van der Waals surface area contributed by atoms with Crippen LogP contribution in [0.2, 0.25) is 0 Å². The summed E-state index contributed by atoms with van der Waals surface area (Å²) in [7, 11) is 1.70. The Morgan fingerprint density at radius 2 is 2.05 bits per heavy atom. The van der Waals surface area contributed by atoms with Gasteiger partial charge in [0.2, 0.25) is 0 Å². The average Bonchev–Trinajstić information content (AvgIpc) is 3.58. The molecule has 0 aliphatic carbocycles. The molecule has 4 aromatic rings. The van der Waals surface area contributed by atoms with E-state index in [1.54, 1.807) is 13.2 Å². The van der Waals surface area contributed by atoms with Crippen LogP contribution in [0, 0.1) is 0 Å². The lowest BCUT2D eigenvalue weighted by atomic mass is 9.90. The van der Waals surface area contributed by atoms with Gasteiger partial charge in [-0.15, -0.1) is 11.3 Å². The molecule has 3 atom stereocenters. The van der Waals surface area contributed by atoms with Crippen LogP contribution in [0.4, 0.5) is 0 Å². The number of hydrogen-bond acceptors (Lipinski definition) is 7. The van der Waals surface area contributed by atoms with Crippen LogP contribution in [0.1, 0.15) is 41.0 Å². The van der Waals surface area contributed by atoms with Gasteiger partial charge in [-0.05, 0) is 80.1 Å². The topological polar surface area (TPSA) is 138 Å². The molecule has 1 saturated heterocycles. The zero-order valence-electron chi connectivity index (χ0n) is 22.6. The number of aliphatic hydroxyl groups excluding tert-OH is 1. The van der Waals surface area contributed by atoms with Crippen molar-refractivity contribution in [2.24, 2.45) is 5.73 Å². The Kier molecular flexibility index (Phi) is 9.46. The molecule has 5 rings (SSSR count). The highest BCUT2D eigenvalue weighted by molar-refractivity contribution is 7.19. The molecule has 0 radical (unpaired) electrons. The molecule has 1 unspecified atom stereocenters. The second-order valence-corrected chi connectivity index (χ2v) is 11.0. The molecular weight excluding hydrogens is 530 g/mol. The zero-order valence-corrected chi connectivity index (χ0v) is 23.4. The van der Waals surface area contributed by atoms with Crippen molar-refractivity contribution in [3.8, 4) is 11.5 Å². The first-order valence-electron chi connectivity index (χ1n) is 13.1. The summed E-state index contributed by atoms with van der Waals surface area (Å²) in [5, 5.41) is 20.4. The van der Waals surface area contributed by atoms with Crippen LogP contribution in [0.15, 0.2) is 61.2 Å². The van der Waals surface area contributed by atoms with Crippen molar-refractivity contribution in [3.05, 3.63) is 71.8 Å². The van der Waals surface area contributed by atoms with E-state index in [0.29, 0.717) is 29.9 Å². The van der Waals surface area contributed by atoms with E-state index in [9.17, 15) is 14.7 Å².